The van der Waals surface area contributed by atoms with Crippen LogP contribution >= 0.6 is 0 Å². The first-order valence-corrected chi connectivity index (χ1v) is 11.4. The van der Waals surface area contributed by atoms with Crippen LogP contribution in [0.2, 0.25) is 0 Å². The SMILES string of the molecule is COc1cccc(CNC(=O)COn2nnc3ccc(S(=O)(=O)N4CCOCC4)cc32)c1. The number of ether oxygens (including phenoxy) is 2. The van der Waals surface area contributed by atoms with Crippen molar-refractivity contribution in [2.75, 3.05) is 40.0 Å². The van der Waals surface area contributed by atoms with Crippen molar-refractivity contribution in [1.29, 1.82) is 0 Å². The number of morpholine rings is 1. The zero-order valence-corrected chi connectivity index (χ0v) is 18.2. The summed E-state index contributed by atoms with van der Waals surface area (Å²) < 4.78 is 37.6. The Kier molecular flexibility index (Phi) is 6.53. The van der Waals surface area contributed by atoms with E-state index in [4.69, 9.17) is 14.3 Å². The number of benzene rings is 2. The molecule has 2 aromatic carbocycles. The van der Waals surface area contributed by atoms with Gasteiger partial charge in [-0.05, 0) is 41.1 Å². The molecular formula is C20H23N5O6S. The molecule has 0 bridgehead atoms. The highest BCUT2D eigenvalue weighted by Crippen LogP contribution is 2.21. The first-order chi connectivity index (χ1) is 15.5. The summed E-state index contributed by atoms with van der Waals surface area (Å²) in [5.41, 5.74) is 1.67. The van der Waals surface area contributed by atoms with Crippen LogP contribution in [0, 0.1) is 0 Å². The summed E-state index contributed by atoms with van der Waals surface area (Å²) in [7, 11) is -2.11. The molecule has 170 valence electrons. The number of carbonyl (C=O) groups is 1. The lowest BCUT2D eigenvalue weighted by Gasteiger charge is -2.26. The minimum atomic E-state index is -3.69. The number of hydrogen-bond acceptors (Lipinski definition) is 8. The molecule has 32 heavy (non-hydrogen) atoms. The second-order valence-corrected chi connectivity index (χ2v) is 8.97. The van der Waals surface area contributed by atoms with E-state index in [0.29, 0.717) is 49.6 Å². The average Bonchev–Trinajstić information content (AvgIpc) is 3.24. The van der Waals surface area contributed by atoms with Crippen LogP contribution in [0.5, 0.6) is 5.75 Å². The van der Waals surface area contributed by atoms with E-state index in [1.54, 1.807) is 13.2 Å². The number of sulfonamides is 1. The molecular weight excluding hydrogens is 438 g/mol. The van der Waals surface area contributed by atoms with Gasteiger partial charge in [-0.15, -0.1) is 5.10 Å². The first-order valence-electron chi connectivity index (χ1n) is 9.93. The van der Waals surface area contributed by atoms with Crippen LogP contribution in [-0.4, -0.2) is 73.8 Å². The summed E-state index contributed by atoms with van der Waals surface area (Å²) in [6.07, 6.45) is 0. The van der Waals surface area contributed by atoms with Gasteiger partial charge in [-0.2, -0.15) is 4.31 Å². The normalized spacial score (nSPS) is 14.9. The zero-order valence-electron chi connectivity index (χ0n) is 17.4. The van der Waals surface area contributed by atoms with Crippen LogP contribution in [0.1, 0.15) is 5.56 Å². The number of carbonyl (C=O) groups excluding carboxylic acids is 1. The predicted octanol–water partition coefficient (Wildman–Crippen LogP) is 0.206. The molecule has 1 saturated heterocycles. The molecule has 11 nitrogen and oxygen atoms in total. The van der Waals surface area contributed by atoms with Crippen molar-refractivity contribution in [3.63, 3.8) is 0 Å². The van der Waals surface area contributed by atoms with E-state index in [0.717, 1.165) is 10.4 Å². The Labute approximate surface area is 184 Å². The molecule has 4 rings (SSSR count). The van der Waals surface area contributed by atoms with Gasteiger partial charge >= 0.3 is 0 Å². The fraction of sp³-hybridized carbons (Fsp3) is 0.350. The average molecular weight is 462 g/mol. The van der Waals surface area contributed by atoms with Gasteiger partial charge in [-0.25, -0.2) is 8.42 Å². The molecule has 1 fully saturated rings. The Morgan fingerprint density at radius 2 is 2.00 bits per heavy atom. The van der Waals surface area contributed by atoms with Gasteiger partial charge in [0.05, 0.1) is 25.2 Å². The lowest BCUT2D eigenvalue weighted by Crippen LogP contribution is -2.40. The van der Waals surface area contributed by atoms with Crippen molar-refractivity contribution in [2.45, 2.75) is 11.4 Å². The number of methoxy groups -OCH3 is 1. The molecule has 2 heterocycles. The van der Waals surface area contributed by atoms with Gasteiger partial charge in [0.15, 0.2) is 6.61 Å². The number of amides is 1. The van der Waals surface area contributed by atoms with E-state index in [-0.39, 0.29) is 17.4 Å². The Morgan fingerprint density at radius 3 is 2.78 bits per heavy atom. The highest BCUT2D eigenvalue weighted by Gasteiger charge is 2.27. The molecule has 12 heteroatoms. The Hall–Kier alpha value is -3.22. The standard InChI is InChI=1S/C20H23N5O6S/c1-29-16-4-2-3-15(11-16)13-21-20(26)14-31-25-19-12-17(5-6-18(19)22-23-25)32(27,28)24-7-9-30-10-8-24/h2-6,11-12H,7-10,13-14H2,1H3,(H,21,26). The van der Waals surface area contributed by atoms with Gasteiger partial charge in [0.2, 0.25) is 10.0 Å². The van der Waals surface area contributed by atoms with Crippen LogP contribution in [-0.2, 0) is 26.1 Å². The van der Waals surface area contributed by atoms with E-state index in [1.165, 1.54) is 16.4 Å². The largest absolute Gasteiger partial charge is 0.497 e. The number of fused-ring (bicyclic) bond motifs is 1. The third-order valence-electron chi connectivity index (χ3n) is 4.94. The Morgan fingerprint density at radius 1 is 1.19 bits per heavy atom. The maximum Gasteiger partial charge on any atom is 0.261 e. The van der Waals surface area contributed by atoms with Gasteiger partial charge < -0.3 is 19.6 Å². The van der Waals surface area contributed by atoms with Gasteiger partial charge in [-0.3, -0.25) is 4.79 Å². The number of hydrogen-bond donors (Lipinski definition) is 1. The van der Waals surface area contributed by atoms with E-state index in [2.05, 4.69) is 15.6 Å². The van der Waals surface area contributed by atoms with E-state index in [1.807, 2.05) is 24.3 Å². The molecule has 0 radical (unpaired) electrons. The Balaban J connectivity index is 1.42. The van der Waals surface area contributed by atoms with E-state index >= 15 is 0 Å². The summed E-state index contributed by atoms with van der Waals surface area (Å²) in [4.78, 5) is 18.8. The molecule has 1 N–H and O–H groups in total. The molecule has 0 spiro atoms. The molecule has 0 aliphatic carbocycles. The van der Waals surface area contributed by atoms with Crippen molar-refractivity contribution in [3.05, 3.63) is 48.0 Å². The minimum Gasteiger partial charge on any atom is -0.497 e. The third-order valence-corrected chi connectivity index (χ3v) is 6.83. The number of nitrogens with zero attached hydrogens (tertiary/aromatic N) is 4. The predicted molar refractivity (Wildman–Crippen MR) is 113 cm³/mol. The molecule has 0 atom stereocenters. The maximum absolute atomic E-state index is 12.9. The van der Waals surface area contributed by atoms with Crippen molar-refractivity contribution >= 4 is 27.0 Å². The van der Waals surface area contributed by atoms with E-state index in [9.17, 15) is 13.2 Å². The Bertz CT molecular complexity index is 1210. The number of nitrogens with one attached hydrogen (secondary N) is 1. The summed E-state index contributed by atoms with van der Waals surface area (Å²) in [6.45, 7) is 1.29. The van der Waals surface area contributed by atoms with Gasteiger partial charge in [0, 0.05) is 19.6 Å². The molecule has 1 aliphatic rings. The summed E-state index contributed by atoms with van der Waals surface area (Å²) >= 11 is 0. The van der Waals surface area contributed by atoms with Crippen molar-refractivity contribution < 1.29 is 27.5 Å². The van der Waals surface area contributed by atoms with Crippen molar-refractivity contribution in [3.8, 4) is 5.75 Å². The fourth-order valence-corrected chi connectivity index (χ4v) is 4.65. The smallest absolute Gasteiger partial charge is 0.261 e. The summed E-state index contributed by atoms with van der Waals surface area (Å²) in [5.74, 6) is 0.332. The number of rotatable bonds is 8. The molecule has 1 aliphatic heterocycles. The highest BCUT2D eigenvalue weighted by molar-refractivity contribution is 7.89. The first kappa shape index (κ1) is 22.0. The number of aromatic nitrogens is 3. The molecule has 0 unspecified atom stereocenters. The maximum atomic E-state index is 12.9. The van der Waals surface area contributed by atoms with Crippen LogP contribution in [0.15, 0.2) is 47.4 Å². The highest BCUT2D eigenvalue weighted by atomic mass is 32.2. The van der Waals surface area contributed by atoms with Crippen molar-refractivity contribution in [1.82, 2.24) is 24.8 Å². The fourth-order valence-electron chi connectivity index (χ4n) is 3.22. The van der Waals surface area contributed by atoms with Crippen LogP contribution in [0.4, 0.5) is 0 Å². The monoisotopic (exact) mass is 461 g/mol. The quantitative estimate of drug-likeness (QED) is 0.505. The van der Waals surface area contributed by atoms with Gasteiger partial charge in [-0.1, -0.05) is 17.0 Å². The van der Waals surface area contributed by atoms with Crippen LogP contribution in [0.3, 0.4) is 0 Å². The topological polar surface area (TPSA) is 125 Å². The van der Waals surface area contributed by atoms with Gasteiger partial charge in [0.25, 0.3) is 5.91 Å². The van der Waals surface area contributed by atoms with Crippen molar-refractivity contribution in [2.24, 2.45) is 0 Å². The van der Waals surface area contributed by atoms with Crippen LogP contribution in [0.25, 0.3) is 11.0 Å². The lowest BCUT2D eigenvalue weighted by atomic mass is 10.2. The zero-order chi connectivity index (χ0) is 22.6. The summed E-state index contributed by atoms with van der Waals surface area (Å²) in [6, 6.07) is 11.8. The van der Waals surface area contributed by atoms with Gasteiger partial charge in [0.1, 0.15) is 16.8 Å². The summed E-state index contributed by atoms with van der Waals surface area (Å²) in [5, 5.41) is 10.6. The minimum absolute atomic E-state index is 0.0986. The molecule has 1 amide bonds. The second-order valence-electron chi connectivity index (χ2n) is 7.03. The van der Waals surface area contributed by atoms with Crippen LogP contribution < -0.4 is 14.9 Å². The van der Waals surface area contributed by atoms with E-state index < -0.39 is 10.0 Å². The second kappa shape index (κ2) is 9.51. The molecule has 0 saturated carbocycles. The molecule has 1 aromatic heterocycles. The lowest BCUT2D eigenvalue weighted by molar-refractivity contribution is -0.126. The molecule has 3 aromatic rings. The third kappa shape index (κ3) is 4.82.